The minimum absolute atomic E-state index is 0.106. The molecule has 166 valence electrons. The Morgan fingerprint density at radius 2 is 1.66 bits per heavy atom. The van der Waals surface area contributed by atoms with E-state index in [1.807, 2.05) is 13.8 Å². The van der Waals surface area contributed by atoms with E-state index in [0.29, 0.717) is 23.4 Å². The molecule has 3 aliphatic carbocycles. The Balaban J connectivity index is 1.97. The summed E-state index contributed by atoms with van der Waals surface area (Å²) >= 11 is 0. The van der Waals surface area contributed by atoms with Crippen LogP contribution in [-0.2, 0) is 14.3 Å². The third-order valence-corrected chi connectivity index (χ3v) is 9.95. The summed E-state index contributed by atoms with van der Waals surface area (Å²) < 4.78 is 5.32. The molecule has 3 saturated carbocycles. The lowest BCUT2D eigenvalue weighted by Gasteiger charge is -2.68. The molecule has 0 bridgehead atoms. The smallest absolute Gasteiger partial charge is 0.308 e. The average Bonchev–Trinajstić information content (AvgIpc) is 2.63. The van der Waals surface area contributed by atoms with Crippen molar-refractivity contribution in [1.29, 1.82) is 0 Å². The van der Waals surface area contributed by atoms with Gasteiger partial charge in [0.15, 0.2) is 0 Å². The molecule has 0 amide bonds. The Bertz CT molecular complexity index is 640. The highest BCUT2D eigenvalue weighted by Gasteiger charge is 2.64. The molecule has 3 fully saturated rings. The van der Waals surface area contributed by atoms with Crippen molar-refractivity contribution in [3.63, 3.8) is 0 Å². The van der Waals surface area contributed by atoms with E-state index in [2.05, 4.69) is 34.6 Å². The summed E-state index contributed by atoms with van der Waals surface area (Å²) in [6.07, 6.45) is 10.5. The van der Waals surface area contributed by atoms with E-state index in [-0.39, 0.29) is 28.6 Å². The van der Waals surface area contributed by atoms with Crippen LogP contribution in [0.15, 0.2) is 0 Å². The predicted molar refractivity (Wildman–Crippen MR) is 117 cm³/mol. The van der Waals surface area contributed by atoms with Gasteiger partial charge in [0.2, 0.25) is 0 Å². The largest absolute Gasteiger partial charge is 0.466 e. The lowest BCUT2D eigenvalue weighted by atomic mass is 9.37. The first kappa shape index (κ1) is 22.8. The van der Waals surface area contributed by atoms with E-state index in [1.165, 1.54) is 38.4 Å². The van der Waals surface area contributed by atoms with Gasteiger partial charge < -0.3 is 9.53 Å². The van der Waals surface area contributed by atoms with Crippen LogP contribution in [0.2, 0.25) is 0 Å². The second-order valence-corrected chi connectivity index (χ2v) is 12.1. The Labute approximate surface area is 178 Å². The first-order valence-electron chi connectivity index (χ1n) is 12.1. The van der Waals surface area contributed by atoms with E-state index in [9.17, 15) is 9.59 Å². The highest BCUT2D eigenvalue weighted by atomic mass is 16.5. The molecule has 7 atom stereocenters. The van der Waals surface area contributed by atoms with Crippen LogP contribution in [0.3, 0.4) is 0 Å². The molecule has 0 aromatic rings. The van der Waals surface area contributed by atoms with Gasteiger partial charge in [0.05, 0.1) is 12.5 Å². The van der Waals surface area contributed by atoms with Gasteiger partial charge in [-0.1, -0.05) is 48.0 Å². The Hall–Kier alpha value is -0.860. The van der Waals surface area contributed by atoms with Crippen molar-refractivity contribution in [3.05, 3.63) is 0 Å². The molecule has 3 nitrogen and oxygen atoms in total. The van der Waals surface area contributed by atoms with E-state index in [1.54, 1.807) is 0 Å². The fourth-order valence-electron chi connectivity index (χ4n) is 8.56. The molecule has 0 aromatic heterocycles. The molecule has 3 rings (SSSR count). The number of aldehydes is 1. The third-order valence-electron chi connectivity index (χ3n) is 9.95. The van der Waals surface area contributed by atoms with Crippen LogP contribution >= 0.6 is 0 Å². The molecule has 0 aliphatic heterocycles. The fourth-order valence-corrected chi connectivity index (χ4v) is 8.56. The lowest BCUT2D eigenvalue weighted by Crippen LogP contribution is -2.61. The molecule has 3 heteroatoms. The minimum Gasteiger partial charge on any atom is -0.466 e. The van der Waals surface area contributed by atoms with Crippen LogP contribution in [0.1, 0.15) is 99.8 Å². The van der Waals surface area contributed by atoms with Crippen molar-refractivity contribution in [1.82, 2.24) is 0 Å². The lowest BCUT2D eigenvalue weighted by molar-refractivity contribution is -0.193. The SMILES string of the molecule is CCOC(=O)[C@H](C)C[C@H]1[C@]2(C)CC[C@H]3C(C)(C)CCC[C@]3(C)[C@H]2CC[C@]1(C)C=O. The van der Waals surface area contributed by atoms with Crippen molar-refractivity contribution < 1.29 is 14.3 Å². The van der Waals surface area contributed by atoms with Crippen LogP contribution in [-0.4, -0.2) is 18.9 Å². The van der Waals surface area contributed by atoms with Crippen molar-refractivity contribution in [2.75, 3.05) is 6.61 Å². The van der Waals surface area contributed by atoms with Crippen LogP contribution in [0.25, 0.3) is 0 Å². The summed E-state index contributed by atoms with van der Waals surface area (Å²) in [6.45, 7) is 16.4. The predicted octanol–water partition coefficient (Wildman–Crippen LogP) is 6.44. The number of carbonyl (C=O) groups excluding carboxylic acids is 2. The average molecular weight is 405 g/mol. The van der Waals surface area contributed by atoms with E-state index >= 15 is 0 Å². The van der Waals surface area contributed by atoms with Gasteiger partial charge in [-0.15, -0.1) is 0 Å². The summed E-state index contributed by atoms with van der Waals surface area (Å²) in [4.78, 5) is 24.8. The van der Waals surface area contributed by atoms with Gasteiger partial charge in [-0.3, -0.25) is 4.79 Å². The van der Waals surface area contributed by atoms with Crippen molar-refractivity contribution in [3.8, 4) is 0 Å². The topological polar surface area (TPSA) is 43.4 Å². The van der Waals surface area contributed by atoms with E-state index < -0.39 is 0 Å². The standard InChI is InChI=1S/C26H44O3/c1-8-29-22(28)18(2)16-21-24(5,17-27)14-10-20-25(6)13-9-12-23(3,4)19(25)11-15-26(20,21)7/h17-21H,8-16H2,1-7H3/t18-,19+,20-,21-,24-,25+,26-/m1/s1. The quantitative estimate of drug-likeness (QED) is 0.391. The number of hydrogen-bond donors (Lipinski definition) is 0. The van der Waals surface area contributed by atoms with Gasteiger partial charge in [0.25, 0.3) is 0 Å². The number of fused-ring (bicyclic) bond motifs is 3. The monoisotopic (exact) mass is 404 g/mol. The molecule has 0 spiro atoms. The van der Waals surface area contributed by atoms with Gasteiger partial charge in [-0.2, -0.15) is 0 Å². The molecule has 29 heavy (non-hydrogen) atoms. The van der Waals surface area contributed by atoms with Crippen molar-refractivity contribution >= 4 is 12.3 Å². The van der Waals surface area contributed by atoms with Crippen LogP contribution in [0, 0.1) is 45.3 Å². The van der Waals surface area contributed by atoms with E-state index in [4.69, 9.17) is 4.74 Å². The maximum absolute atomic E-state index is 12.4. The molecule has 0 heterocycles. The summed E-state index contributed by atoms with van der Waals surface area (Å²) in [5.74, 6) is 1.40. The maximum atomic E-state index is 12.4. The number of carbonyl (C=O) groups is 2. The first-order chi connectivity index (χ1) is 13.4. The molecule has 0 saturated heterocycles. The number of hydrogen-bond acceptors (Lipinski definition) is 3. The zero-order valence-corrected chi connectivity index (χ0v) is 20.0. The van der Waals surface area contributed by atoms with Gasteiger partial charge in [0.1, 0.15) is 6.29 Å². The summed E-state index contributed by atoms with van der Waals surface area (Å²) in [5, 5.41) is 0. The summed E-state index contributed by atoms with van der Waals surface area (Å²) in [5.41, 5.74) is 0.546. The summed E-state index contributed by atoms with van der Waals surface area (Å²) in [6, 6.07) is 0. The molecular weight excluding hydrogens is 360 g/mol. The maximum Gasteiger partial charge on any atom is 0.308 e. The zero-order chi connectivity index (χ0) is 21.7. The molecule has 0 unspecified atom stereocenters. The molecule has 0 radical (unpaired) electrons. The number of esters is 1. The first-order valence-corrected chi connectivity index (χ1v) is 12.1. The second-order valence-electron chi connectivity index (χ2n) is 12.1. The van der Waals surface area contributed by atoms with Gasteiger partial charge in [0, 0.05) is 5.41 Å². The van der Waals surface area contributed by atoms with Gasteiger partial charge >= 0.3 is 5.97 Å². The molecular formula is C26H44O3. The zero-order valence-electron chi connectivity index (χ0n) is 20.0. The Kier molecular flexibility index (Phi) is 6.04. The summed E-state index contributed by atoms with van der Waals surface area (Å²) in [7, 11) is 0. The third kappa shape index (κ3) is 3.59. The van der Waals surface area contributed by atoms with Gasteiger partial charge in [-0.05, 0) is 85.9 Å². The number of rotatable bonds is 5. The Morgan fingerprint density at radius 1 is 1.00 bits per heavy atom. The minimum atomic E-state index is -0.334. The molecule has 0 aromatic carbocycles. The van der Waals surface area contributed by atoms with Crippen molar-refractivity contribution in [2.24, 2.45) is 45.3 Å². The highest BCUT2D eigenvalue weighted by Crippen LogP contribution is 2.71. The van der Waals surface area contributed by atoms with Crippen LogP contribution in [0.5, 0.6) is 0 Å². The Morgan fingerprint density at radius 3 is 2.28 bits per heavy atom. The molecule has 3 aliphatic rings. The van der Waals surface area contributed by atoms with E-state index in [0.717, 1.165) is 25.2 Å². The molecule has 0 N–H and O–H groups in total. The normalized spacial score (nSPS) is 44.9. The van der Waals surface area contributed by atoms with Crippen LogP contribution in [0.4, 0.5) is 0 Å². The number of ether oxygens (including phenoxy) is 1. The fraction of sp³-hybridized carbons (Fsp3) is 0.923. The van der Waals surface area contributed by atoms with Crippen molar-refractivity contribution in [2.45, 2.75) is 99.8 Å². The second kappa shape index (κ2) is 7.68. The van der Waals surface area contributed by atoms with Crippen LogP contribution < -0.4 is 0 Å². The highest BCUT2D eigenvalue weighted by molar-refractivity contribution is 5.72. The van der Waals surface area contributed by atoms with Gasteiger partial charge in [-0.25, -0.2) is 0 Å².